The Bertz CT molecular complexity index is 1640. The Hall–Kier alpha value is -3.76. The fourth-order valence-electron chi connectivity index (χ4n) is 7.23. The van der Waals surface area contributed by atoms with Crippen LogP contribution in [0.4, 0.5) is 0 Å². The number of nitrogens with one attached hydrogen (secondary N) is 2. The highest BCUT2D eigenvalue weighted by atomic mass is 35.5. The summed E-state index contributed by atoms with van der Waals surface area (Å²) in [6, 6.07) is 30.0. The van der Waals surface area contributed by atoms with Crippen molar-refractivity contribution in [1.29, 1.82) is 0 Å². The molecule has 0 bridgehead atoms. The molecule has 6 unspecified atom stereocenters. The van der Waals surface area contributed by atoms with Crippen LogP contribution in [0, 0.1) is 0 Å². The van der Waals surface area contributed by atoms with Crippen molar-refractivity contribution in [2.24, 2.45) is 0 Å². The number of ether oxygens (including phenoxy) is 2. The van der Waals surface area contributed by atoms with Crippen molar-refractivity contribution in [3.8, 4) is 11.5 Å². The molecule has 10 heteroatoms. The van der Waals surface area contributed by atoms with Gasteiger partial charge in [0.15, 0.2) is 0 Å². The third-order valence-electron chi connectivity index (χ3n) is 9.99. The Morgan fingerprint density at radius 2 is 1.04 bits per heavy atom. The summed E-state index contributed by atoms with van der Waals surface area (Å²) in [6.07, 6.45) is 4.20. The van der Waals surface area contributed by atoms with Crippen molar-refractivity contribution in [2.45, 2.75) is 81.1 Å². The molecule has 0 aliphatic heterocycles. The van der Waals surface area contributed by atoms with E-state index in [1.54, 1.807) is 48.5 Å². The minimum absolute atomic E-state index is 0.299. The van der Waals surface area contributed by atoms with E-state index in [0.717, 1.165) is 60.8 Å². The molecular weight excluding hydrogens is 687 g/mol. The van der Waals surface area contributed by atoms with E-state index >= 15 is 0 Å². The van der Waals surface area contributed by atoms with Crippen molar-refractivity contribution in [3.05, 3.63) is 129 Å². The Balaban J connectivity index is 0.889. The van der Waals surface area contributed by atoms with Crippen LogP contribution in [0.5, 0.6) is 11.5 Å². The van der Waals surface area contributed by atoms with Crippen LogP contribution in [0.25, 0.3) is 0 Å². The second-order valence-corrected chi connectivity index (χ2v) is 14.5. The molecule has 4 aromatic rings. The molecule has 4 aromatic carbocycles. The van der Waals surface area contributed by atoms with Crippen molar-refractivity contribution >= 4 is 35.1 Å². The number of carbonyl (C=O) groups excluding carboxylic acids is 2. The fraction of sp³-hybridized carbons (Fsp3) is 0.366. The van der Waals surface area contributed by atoms with Gasteiger partial charge in [0.1, 0.15) is 17.9 Å². The van der Waals surface area contributed by atoms with Crippen molar-refractivity contribution in [1.82, 2.24) is 10.6 Å². The third kappa shape index (κ3) is 10.6. The zero-order chi connectivity index (χ0) is 35.7. The van der Waals surface area contributed by atoms with Crippen LogP contribution >= 0.6 is 23.2 Å². The van der Waals surface area contributed by atoms with E-state index < -0.39 is 30.6 Å². The van der Waals surface area contributed by atoms with Gasteiger partial charge < -0.3 is 30.3 Å². The maximum absolute atomic E-state index is 12.5. The van der Waals surface area contributed by atoms with Gasteiger partial charge in [-0.1, -0.05) is 71.7 Å². The smallest absolute Gasteiger partial charge is 0.322 e. The number of esters is 2. The molecule has 0 radical (unpaired) electrons. The number of rotatable bonds is 14. The SMILES string of the molecule is O=C(CC(=O)Oc1ccc(C2CCC(NCC(O)c3cccc(Cl)c3)C2)cc1)Oc1ccc(C2CCC(NCC(O)c3cccc(Cl)c3)C2)cc1. The van der Waals surface area contributed by atoms with Crippen LogP contribution in [-0.2, 0) is 9.59 Å². The van der Waals surface area contributed by atoms with Crippen molar-refractivity contribution in [3.63, 3.8) is 0 Å². The summed E-state index contributed by atoms with van der Waals surface area (Å²) in [4.78, 5) is 25.0. The molecule has 0 saturated heterocycles. The van der Waals surface area contributed by atoms with E-state index in [0.29, 0.717) is 58.6 Å². The summed E-state index contributed by atoms with van der Waals surface area (Å²) in [5.41, 5.74) is 3.91. The zero-order valence-corrected chi connectivity index (χ0v) is 29.9. The summed E-state index contributed by atoms with van der Waals surface area (Å²) in [5, 5.41) is 29.2. The van der Waals surface area contributed by atoms with E-state index in [1.807, 2.05) is 48.5 Å². The first kappa shape index (κ1) is 37.0. The lowest BCUT2D eigenvalue weighted by Crippen LogP contribution is -2.30. The molecule has 0 heterocycles. The second kappa shape index (κ2) is 17.6. The molecule has 6 atom stereocenters. The zero-order valence-electron chi connectivity index (χ0n) is 28.3. The average Bonchev–Trinajstić information content (AvgIpc) is 3.80. The Morgan fingerprint density at radius 1 is 0.627 bits per heavy atom. The first-order valence-corrected chi connectivity index (χ1v) is 18.4. The minimum Gasteiger partial charge on any atom is -0.426 e. The highest BCUT2D eigenvalue weighted by Crippen LogP contribution is 2.37. The molecule has 268 valence electrons. The van der Waals surface area contributed by atoms with Crippen molar-refractivity contribution < 1.29 is 29.3 Å². The van der Waals surface area contributed by atoms with Gasteiger partial charge in [-0.3, -0.25) is 9.59 Å². The molecule has 2 fully saturated rings. The monoisotopic (exact) mass is 730 g/mol. The lowest BCUT2D eigenvalue weighted by atomic mass is 9.97. The Labute approximate surface area is 309 Å². The largest absolute Gasteiger partial charge is 0.426 e. The quantitative estimate of drug-likeness (QED) is 0.0590. The number of aliphatic hydroxyl groups is 2. The standard InChI is InChI=1S/C41H44Cl2N2O6/c42-32-5-1-3-30(19-32)38(46)24-44-34-13-7-28(21-34)26-9-15-36(16-10-26)50-40(48)23-41(49)51-37-17-11-27(12-18-37)29-8-14-35(22-29)45-25-39(47)31-4-2-6-33(43)20-31/h1-6,9-12,15-20,28-29,34-35,38-39,44-47H,7-8,13-14,21-25H2. The molecule has 8 nitrogen and oxygen atoms in total. The average molecular weight is 732 g/mol. The van der Waals surface area contributed by atoms with Crippen LogP contribution < -0.4 is 20.1 Å². The van der Waals surface area contributed by atoms with Crippen LogP contribution in [0.2, 0.25) is 10.0 Å². The van der Waals surface area contributed by atoms with Gasteiger partial charge >= 0.3 is 11.9 Å². The molecule has 2 aliphatic carbocycles. The summed E-state index contributed by atoms with van der Waals surface area (Å²) in [6.45, 7) is 0.916. The fourth-order valence-corrected chi connectivity index (χ4v) is 7.63. The van der Waals surface area contributed by atoms with E-state index in [2.05, 4.69) is 10.6 Å². The maximum Gasteiger partial charge on any atom is 0.322 e. The number of aliphatic hydroxyl groups excluding tert-OH is 2. The topological polar surface area (TPSA) is 117 Å². The van der Waals surface area contributed by atoms with E-state index in [4.69, 9.17) is 32.7 Å². The summed E-state index contributed by atoms with van der Waals surface area (Å²) in [7, 11) is 0. The van der Waals surface area contributed by atoms with Gasteiger partial charge in [0.2, 0.25) is 0 Å². The number of hydrogen-bond acceptors (Lipinski definition) is 8. The normalized spacial score (nSPS) is 21.3. The lowest BCUT2D eigenvalue weighted by Gasteiger charge is -2.17. The number of carbonyl (C=O) groups is 2. The predicted molar refractivity (Wildman–Crippen MR) is 198 cm³/mol. The molecule has 4 N–H and O–H groups in total. The molecule has 2 aliphatic rings. The summed E-state index contributed by atoms with van der Waals surface area (Å²) < 4.78 is 10.8. The molecule has 0 aromatic heterocycles. The van der Waals surface area contributed by atoms with Gasteiger partial charge in [0.25, 0.3) is 0 Å². The highest BCUT2D eigenvalue weighted by molar-refractivity contribution is 6.30. The number of hydrogen-bond donors (Lipinski definition) is 4. The van der Waals surface area contributed by atoms with Gasteiger partial charge in [-0.2, -0.15) is 0 Å². The second-order valence-electron chi connectivity index (χ2n) is 13.6. The van der Waals surface area contributed by atoms with Crippen molar-refractivity contribution in [2.75, 3.05) is 13.1 Å². The van der Waals surface area contributed by atoms with E-state index in [1.165, 1.54) is 0 Å². The Kier molecular flexibility index (Phi) is 12.8. The third-order valence-corrected chi connectivity index (χ3v) is 10.5. The van der Waals surface area contributed by atoms with Crippen LogP contribution in [0.15, 0.2) is 97.1 Å². The van der Waals surface area contributed by atoms with Crippen LogP contribution in [0.1, 0.15) is 91.2 Å². The molecule has 2 saturated carbocycles. The first-order chi connectivity index (χ1) is 24.7. The number of benzene rings is 4. The highest BCUT2D eigenvalue weighted by Gasteiger charge is 2.28. The molecule has 0 spiro atoms. The molecule has 6 rings (SSSR count). The first-order valence-electron chi connectivity index (χ1n) is 17.6. The van der Waals surface area contributed by atoms with E-state index in [-0.39, 0.29) is 0 Å². The van der Waals surface area contributed by atoms with Crippen LogP contribution in [-0.4, -0.2) is 47.3 Å². The predicted octanol–water partition coefficient (Wildman–Crippen LogP) is 7.81. The summed E-state index contributed by atoms with van der Waals surface area (Å²) in [5.74, 6) is 0.116. The van der Waals surface area contributed by atoms with Gasteiger partial charge in [0, 0.05) is 35.2 Å². The van der Waals surface area contributed by atoms with Gasteiger partial charge in [0.05, 0.1) is 12.2 Å². The Morgan fingerprint density at radius 3 is 1.43 bits per heavy atom. The molecule has 0 amide bonds. The molecule has 51 heavy (non-hydrogen) atoms. The number of halogens is 2. The minimum atomic E-state index is -0.683. The lowest BCUT2D eigenvalue weighted by molar-refractivity contribution is -0.144. The van der Waals surface area contributed by atoms with E-state index in [9.17, 15) is 19.8 Å². The van der Waals surface area contributed by atoms with Crippen LogP contribution in [0.3, 0.4) is 0 Å². The summed E-state index contributed by atoms with van der Waals surface area (Å²) >= 11 is 12.1. The van der Waals surface area contributed by atoms with Gasteiger partial charge in [-0.05, 0) is 121 Å². The van der Waals surface area contributed by atoms with Gasteiger partial charge in [-0.25, -0.2) is 0 Å². The molecular formula is C41H44Cl2N2O6. The maximum atomic E-state index is 12.5. The van der Waals surface area contributed by atoms with Gasteiger partial charge in [-0.15, -0.1) is 0 Å².